The summed E-state index contributed by atoms with van der Waals surface area (Å²) in [4.78, 5) is 40.1. The van der Waals surface area contributed by atoms with Crippen molar-refractivity contribution in [3.63, 3.8) is 0 Å². The number of amides is 4. The number of nitrogens with one attached hydrogen (secondary N) is 2. The van der Waals surface area contributed by atoms with E-state index in [0.29, 0.717) is 0 Å². The van der Waals surface area contributed by atoms with Crippen LogP contribution in [-0.4, -0.2) is 30.2 Å². The Hall–Kier alpha value is -2.28. The Labute approximate surface area is 117 Å². The Balaban J connectivity index is 0.000000272. The summed E-state index contributed by atoms with van der Waals surface area (Å²) in [5, 5.41) is 4.06. The van der Waals surface area contributed by atoms with Gasteiger partial charge in [0, 0.05) is 24.3 Å². The van der Waals surface area contributed by atoms with Gasteiger partial charge >= 0.3 is 0 Å². The van der Waals surface area contributed by atoms with Gasteiger partial charge in [0.05, 0.1) is 0 Å². The molecule has 110 valence electrons. The van der Waals surface area contributed by atoms with Crippen LogP contribution >= 0.6 is 0 Å². The van der Waals surface area contributed by atoms with Crippen LogP contribution in [0.5, 0.6) is 0 Å². The molecule has 2 heterocycles. The predicted octanol–water partition coefficient (Wildman–Crippen LogP) is -0.467. The number of hydrogen-bond donors (Lipinski definition) is 3. The molecule has 0 fully saturated rings. The topological polar surface area (TPSA) is 118 Å². The molecular weight excluding hydrogens is 262 g/mol. The summed E-state index contributed by atoms with van der Waals surface area (Å²) in [6.07, 6.45) is 8.54. The number of carbonyl (C=O) groups excluding carboxylic acids is 4. The molecule has 2 aliphatic rings. The quantitative estimate of drug-likeness (QED) is 0.477. The second-order valence-corrected chi connectivity index (χ2v) is 3.87. The third-order valence-electron chi connectivity index (χ3n) is 2.07. The van der Waals surface area contributed by atoms with Gasteiger partial charge in [0.1, 0.15) is 0 Å². The van der Waals surface area contributed by atoms with Gasteiger partial charge in [0.2, 0.25) is 0 Å². The smallest absolute Gasteiger partial charge is 0.250 e. The maximum absolute atomic E-state index is 10.0. The molecular formula is C13H19N3O4. The van der Waals surface area contributed by atoms with Crippen molar-refractivity contribution in [3.05, 3.63) is 24.3 Å². The third kappa shape index (κ3) is 9.72. The Kier molecular flexibility index (Phi) is 9.41. The second-order valence-electron chi connectivity index (χ2n) is 3.87. The molecule has 0 spiro atoms. The van der Waals surface area contributed by atoms with E-state index in [1.165, 1.54) is 43.6 Å². The summed E-state index contributed by atoms with van der Waals surface area (Å²) < 4.78 is 0. The molecule has 7 heteroatoms. The summed E-state index contributed by atoms with van der Waals surface area (Å²) >= 11 is 0. The van der Waals surface area contributed by atoms with Crippen molar-refractivity contribution in [1.29, 1.82) is 0 Å². The SMILES string of the molecule is CCCCCN.O=C1C=CC(=O)N1.O=C1C=CC(=O)N1. The van der Waals surface area contributed by atoms with E-state index in [1.807, 2.05) is 10.6 Å². The zero-order valence-corrected chi connectivity index (χ0v) is 11.3. The van der Waals surface area contributed by atoms with Crippen LogP contribution in [0.25, 0.3) is 0 Å². The van der Waals surface area contributed by atoms with Gasteiger partial charge in [-0.05, 0) is 13.0 Å². The highest BCUT2D eigenvalue weighted by Gasteiger charge is 2.07. The molecule has 2 rings (SSSR count). The van der Waals surface area contributed by atoms with E-state index in [2.05, 4.69) is 6.92 Å². The molecule has 2 aliphatic heterocycles. The van der Waals surface area contributed by atoms with E-state index in [-0.39, 0.29) is 23.6 Å². The third-order valence-corrected chi connectivity index (χ3v) is 2.07. The van der Waals surface area contributed by atoms with Gasteiger partial charge in [-0.2, -0.15) is 0 Å². The maximum atomic E-state index is 10.0. The highest BCUT2D eigenvalue weighted by Crippen LogP contribution is 1.88. The molecule has 0 bridgehead atoms. The van der Waals surface area contributed by atoms with Crippen molar-refractivity contribution in [1.82, 2.24) is 10.6 Å². The minimum atomic E-state index is -0.329. The van der Waals surface area contributed by atoms with Crippen molar-refractivity contribution in [3.8, 4) is 0 Å². The standard InChI is InChI=1S/C5H13N.2C4H3NO2/c1-2-3-4-5-6;2*6-3-1-2-4(7)5-3/h2-6H2,1H3;2*1-2H,(H,5,6,7). The zero-order valence-electron chi connectivity index (χ0n) is 11.3. The van der Waals surface area contributed by atoms with Gasteiger partial charge in [-0.25, -0.2) is 0 Å². The number of rotatable bonds is 3. The first-order chi connectivity index (χ1) is 9.49. The fraction of sp³-hybridized carbons (Fsp3) is 0.385. The first-order valence-corrected chi connectivity index (χ1v) is 6.25. The lowest BCUT2D eigenvalue weighted by molar-refractivity contribution is -0.125. The van der Waals surface area contributed by atoms with Crippen molar-refractivity contribution >= 4 is 23.6 Å². The average molecular weight is 281 g/mol. The van der Waals surface area contributed by atoms with Crippen LogP contribution in [0.1, 0.15) is 26.2 Å². The highest BCUT2D eigenvalue weighted by atomic mass is 16.2. The number of imide groups is 2. The van der Waals surface area contributed by atoms with E-state index < -0.39 is 0 Å². The molecule has 7 nitrogen and oxygen atoms in total. The molecule has 20 heavy (non-hydrogen) atoms. The van der Waals surface area contributed by atoms with Crippen LogP contribution < -0.4 is 16.4 Å². The largest absolute Gasteiger partial charge is 0.330 e. The van der Waals surface area contributed by atoms with Crippen molar-refractivity contribution in [2.75, 3.05) is 6.54 Å². The molecule has 0 aromatic rings. The summed E-state index contributed by atoms with van der Waals surface area (Å²) in [6, 6.07) is 0. The molecule has 0 aromatic carbocycles. The normalized spacial score (nSPS) is 15.1. The lowest BCUT2D eigenvalue weighted by atomic mass is 10.3. The minimum absolute atomic E-state index is 0.329. The van der Waals surface area contributed by atoms with Crippen LogP contribution in [0.3, 0.4) is 0 Å². The van der Waals surface area contributed by atoms with E-state index in [9.17, 15) is 19.2 Å². The van der Waals surface area contributed by atoms with Gasteiger partial charge in [0.25, 0.3) is 23.6 Å². The van der Waals surface area contributed by atoms with Gasteiger partial charge < -0.3 is 5.73 Å². The van der Waals surface area contributed by atoms with Crippen LogP contribution in [0.2, 0.25) is 0 Å². The minimum Gasteiger partial charge on any atom is -0.330 e. The average Bonchev–Trinajstić information content (AvgIpc) is 2.96. The van der Waals surface area contributed by atoms with Gasteiger partial charge in [-0.3, -0.25) is 29.8 Å². The van der Waals surface area contributed by atoms with Crippen LogP contribution in [0.15, 0.2) is 24.3 Å². The number of unbranched alkanes of at least 4 members (excludes halogenated alkanes) is 2. The molecule has 4 N–H and O–H groups in total. The van der Waals surface area contributed by atoms with Crippen molar-refractivity contribution < 1.29 is 19.2 Å². The number of nitrogens with two attached hydrogens (primary N) is 1. The van der Waals surface area contributed by atoms with Crippen LogP contribution in [0, 0.1) is 0 Å². The molecule has 0 saturated heterocycles. The summed E-state index contributed by atoms with van der Waals surface area (Å²) in [7, 11) is 0. The Morgan fingerprint density at radius 2 is 1.15 bits per heavy atom. The molecule has 0 unspecified atom stereocenters. The highest BCUT2D eigenvalue weighted by molar-refractivity contribution is 6.13. The molecule has 0 aromatic heterocycles. The molecule has 4 amide bonds. The van der Waals surface area contributed by atoms with Crippen molar-refractivity contribution in [2.24, 2.45) is 5.73 Å². The Morgan fingerprint density at radius 3 is 1.25 bits per heavy atom. The number of hydrogen-bond acceptors (Lipinski definition) is 5. The van der Waals surface area contributed by atoms with E-state index in [1.54, 1.807) is 0 Å². The van der Waals surface area contributed by atoms with E-state index in [4.69, 9.17) is 5.73 Å². The summed E-state index contributed by atoms with van der Waals surface area (Å²) in [5.74, 6) is -1.31. The molecule has 0 atom stereocenters. The summed E-state index contributed by atoms with van der Waals surface area (Å²) in [5.41, 5.74) is 5.21. The van der Waals surface area contributed by atoms with Gasteiger partial charge in [0.15, 0.2) is 0 Å². The summed E-state index contributed by atoms with van der Waals surface area (Å²) in [6.45, 7) is 3.03. The number of carbonyl (C=O) groups is 4. The van der Waals surface area contributed by atoms with Gasteiger partial charge in [-0.1, -0.05) is 19.8 Å². The fourth-order valence-corrected chi connectivity index (χ4v) is 1.11. The van der Waals surface area contributed by atoms with Crippen molar-refractivity contribution in [2.45, 2.75) is 26.2 Å². The maximum Gasteiger partial charge on any atom is 0.250 e. The van der Waals surface area contributed by atoms with E-state index >= 15 is 0 Å². The molecule has 0 radical (unpaired) electrons. The molecule has 0 saturated carbocycles. The lowest BCUT2D eigenvalue weighted by Gasteiger charge is -1.86. The second kappa shape index (κ2) is 10.6. The fourth-order valence-electron chi connectivity index (χ4n) is 1.11. The monoisotopic (exact) mass is 281 g/mol. The lowest BCUT2D eigenvalue weighted by Crippen LogP contribution is -2.19. The predicted molar refractivity (Wildman–Crippen MR) is 73.2 cm³/mol. The van der Waals surface area contributed by atoms with Crippen LogP contribution in [-0.2, 0) is 19.2 Å². The first-order valence-electron chi connectivity index (χ1n) is 6.25. The Bertz CT molecular complexity index is 355. The first kappa shape index (κ1) is 17.7. The Morgan fingerprint density at radius 1 is 0.800 bits per heavy atom. The zero-order chi connectivity index (χ0) is 15.4. The molecule has 0 aliphatic carbocycles. The van der Waals surface area contributed by atoms with Crippen LogP contribution in [0.4, 0.5) is 0 Å². The van der Waals surface area contributed by atoms with Gasteiger partial charge in [-0.15, -0.1) is 0 Å². The van der Waals surface area contributed by atoms with E-state index in [0.717, 1.165) is 6.54 Å².